The molecule has 0 saturated carbocycles. The van der Waals surface area contributed by atoms with Gasteiger partial charge in [0.15, 0.2) is 5.41 Å². The number of esters is 2. The van der Waals surface area contributed by atoms with Crippen molar-refractivity contribution >= 4 is 11.9 Å². The zero-order valence-corrected chi connectivity index (χ0v) is 16.0. The first-order valence-corrected chi connectivity index (χ1v) is 9.16. The summed E-state index contributed by atoms with van der Waals surface area (Å²) in [6.07, 6.45) is 5.46. The number of fused-ring (bicyclic) bond motifs is 1. The Bertz CT molecular complexity index is 731. The predicted molar refractivity (Wildman–Crippen MR) is 100 cm³/mol. The van der Waals surface area contributed by atoms with Gasteiger partial charge in [0, 0.05) is 24.5 Å². The van der Waals surface area contributed by atoms with Gasteiger partial charge < -0.3 is 14.0 Å². The molecule has 0 N–H and O–H groups in total. The highest BCUT2D eigenvalue weighted by Gasteiger charge is 2.57. The third-order valence-corrected chi connectivity index (χ3v) is 4.15. The first-order valence-electron chi connectivity index (χ1n) is 9.16. The van der Waals surface area contributed by atoms with Crippen LogP contribution in [-0.2, 0) is 30.9 Å². The summed E-state index contributed by atoms with van der Waals surface area (Å²) >= 11 is 0. The van der Waals surface area contributed by atoms with Crippen LogP contribution in [0, 0.1) is 0 Å². The minimum atomic E-state index is -1.31. The second-order valence-corrected chi connectivity index (χ2v) is 6.16. The van der Waals surface area contributed by atoms with E-state index in [1.54, 1.807) is 13.8 Å². The molecule has 1 aliphatic carbocycles. The fourth-order valence-electron chi connectivity index (χ4n) is 3.04. The van der Waals surface area contributed by atoms with Crippen molar-refractivity contribution in [2.24, 2.45) is 0 Å². The van der Waals surface area contributed by atoms with Crippen molar-refractivity contribution in [3.8, 4) is 5.69 Å². The summed E-state index contributed by atoms with van der Waals surface area (Å²) in [6.45, 7) is 8.17. The molecule has 1 aromatic carbocycles. The molecule has 0 saturated heterocycles. The van der Waals surface area contributed by atoms with Crippen molar-refractivity contribution in [3.63, 3.8) is 0 Å². The van der Waals surface area contributed by atoms with E-state index in [2.05, 4.69) is 13.8 Å². The van der Waals surface area contributed by atoms with Gasteiger partial charge in [-0.2, -0.15) is 0 Å². The monoisotopic (exact) mass is 357 g/mol. The van der Waals surface area contributed by atoms with Gasteiger partial charge in [-0.25, -0.2) is 0 Å². The fourth-order valence-corrected chi connectivity index (χ4v) is 3.04. The van der Waals surface area contributed by atoms with Gasteiger partial charge in [-0.1, -0.05) is 26.3 Å². The number of hydrogen-bond donors (Lipinski definition) is 0. The summed E-state index contributed by atoms with van der Waals surface area (Å²) in [5, 5.41) is 0. The van der Waals surface area contributed by atoms with Crippen LogP contribution in [0.15, 0.2) is 42.7 Å². The summed E-state index contributed by atoms with van der Waals surface area (Å²) in [7, 11) is 0. The van der Waals surface area contributed by atoms with E-state index < -0.39 is 17.4 Å². The van der Waals surface area contributed by atoms with E-state index in [0.29, 0.717) is 12.0 Å². The molecule has 1 aromatic heterocycles. The number of carbonyl (C=O) groups excluding carboxylic acids is 2. The molecule has 0 radical (unpaired) electrons. The quantitative estimate of drug-likeness (QED) is 0.603. The van der Waals surface area contributed by atoms with Crippen LogP contribution < -0.4 is 0 Å². The molecule has 0 bridgehead atoms. The Morgan fingerprint density at radius 3 is 2.00 bits per heavy atom. The van der Waals surface area contributed by atoms with Crippen LogP contribution >= 0.6 is 0 Å². The predicted octanol–water partition coefficient (Wildman–Crippen LogP) is 3.81. The largest absolute Gasteiger partial charge is 0.465 e. The second-order valence-electron chi connectivity index (χ2n) is 6.16. The lowest BCUT2D eigenvalue weighted by Crippen LogP contribution is -2.54. The van der Waals surface area contributed by atoms with Crippen molar-refractivity contribution in [1.82, 2.24) is 4.57 Å². The zero-order valence-electron chi connectivity index (χ0n) is 16.0. The molecule has 1 aliphatic rings. The summed E-state index contributed by atoms with van der Waals surface area (Å²) in [4.78, 5) is 24.8. The molecule has 2 aromatic rings. The molecule has 5 heteroatoms. The van der Waals surface area contributed by atoms with E-state index >= 15 is 0 Å². The van der Waals surface area contributed by atoms with Crippen LogP contribution in [0.5, 0.6) is 0 Å². The van der Waals surface area contributed by atoms with Crippen molar-refractivity contribution in [2.75, 3.05) is 13.2 Å². The SMILES string of the molecule is CCC.CCOC(=O)C1(C(=O)OCC)Cc2cc(-n3cccc3)ccc21. The van der Waals surface area contributed by atoms with Crippen molar-refractivity contribution in [2.45, 2.75) is 46.0 Å². The molecule has 0 amide bonds. The highest BCUT2D eigenvalue weighted by Crippen LogP contribution is 2.44. The average Bonchev–Trinajstić information content (AvgIpc) is 3.12. The molecule has 0 unspecified atom stereocenters. The maximum absolute atomic E-state index is 12.4. The van der Waals surface area contributed by atoms with E-state index in [-0.39, 0.29) is 13.2 Å². The topological polar surface area (TPSA) is 57.5 Å². The number of nitrogens with zero attached hydrogens (tertiary/aromatic N) is 1. The van der Waals surface area contributed by atoms with Crippen LogP contribution in [0.25, 0.3) is 5.69 Å². The molecule has 0 aliphatic heterocycles. The Balaban J connectivity index is 0.000000758. The van der Waals surface area contributed by atoms with Crippen LogP contribution in [0.3, 0.4) is 0 Å². The lowest BCUT2D eigenvalue weighted by atomic mass is 9.63. The van der Waals surface area contributed by atoms with Crippen LogP contribution in [0.1, 0.15) is 45.2 Å². The molecule has 0 fully saturated rings. The highest BCUT2D eigenvalue weighted by atomic mass is 16.6. The molecule has 26 heavy (non-hydrogen) atoms. The van der Waals surface area contributed by atoms with Gasteiger partial charge in [-0.05, 0) is 49.2 Å². The van der Waals surface area contributed by atoms with Gasteiger partial charge in [0.25, 0.3) is 0 Å². The van der Waals surface area contributed by atoms with Crippen molar-refractivity contribution in [3.05, 3.63) is 53.9 Å². The number of hydrogen-bond acceptors (Lipinski definition) is 4. The van der Waals surface area contributed by atoms with Crippen molar-refractivity contribution in [1.29, 1.82) is 0 Å². The summed E-state index contributed by atoms with van der Waals surface area (Å²) in [5.41, 5.74) is 1.34. The van der Waals surface area contributed by atoms with E-state index in [0.717, 1.165) is 11.3 Å². The summed E-state index contributed by atoms with van der Waals surface area (Å²) < 4.78 is 12.2. The lowest BCUT2D eigenvalue weighted by molar-refractivity contribution is -0.166. The third-order valence-electron chi connectivity index (χ3n) is 4.15. The molecular formula is C21H27NO4. The van der Waals surface area contributed by atoms with Gasteiger partial charge in [-0.3, -0.25) is 9.59 Å². The smallest absolute Gasteiger partial charge is 0.328 e. The van der Waals surface area contributed by atoms with E-state index in [4.69, 9.17) is 9.47 Å². The molecule has 0 atom stereocenters. The fraction of sp³-hybridized carbons (Fsp3) is 0.429. The third kappa shape index (κ3) is 3.52. The van der Waals surface area contributed by atoms with Crippen molar-refractivity contribution < 1.29 is 19.1 Å². The van der Waals surface area contributed by atoms with E-state index in [1.165, 1.54) is 6.42 Å². The zero-order chi connectivity index (χ0) is 19.2. The molecule has 1 heterocycles. The van der Waals surface area contributed by atoms with Gasteiger partial charge in [-0.15, -0.1) is 0 Å². The number of ether oxygens (including phenoxy) is 2. The number of benzene rings is 1. The van der Waals surface area contributed by atoms with Crippen LogP contribution in [-0.4, -0.2) is 29.7 Å². The van der Waals surface area contributed by atoms with Gasteiger partial charge in [0.05, 0.1) is 13.2 Å². The first kappa shape index (κ1) is 19.8. The summed E-state index contributed by atoms with van der Waals surface area (Å²) in [5.74, 6) is -1.06. The Labute approximate surface area is 154 Å². The maximum atomic E-state index is 12.4. The van der Waals surface area contributed by atoms with Crippen LogP contribution in [0.2, 0.25) is 0 Å². The Hall–Kier alpha value is -2.56. The molecule has 5 nitrogen and oxygen atoms in total. The Morgan fingerprint density at radius 2 is 1.54 bits per heavy atom. The molecular weight excluding hydrogens is 330 g/mol. The Kier molecular flexibility index (Phi) is 6.61. The average molecular weight is 357 g/mol. The van der Waals surface area contributed by atoms with Gasteiger partial charge in [0.2, 0.25) is 0 Å². The number of carbonyl (C=O) groups is 2. The Morgan fingerprint density at radius 1 is 1.00 bits per heavy atom. The minimum Gasteiger partial charge on any atom is -0.465 e. The molecule has 140 valence electrons. The van der Waals surface area contributed by atoms with Crippen LogP contribution in [0.4, 0.5) is 0 Å². The number of aromatic nitrogens is 1. The van der Waals surface area contributed by atoms with E-state index in [1.807, 2.05) is 47.3 Å². The second kappa shape index (κ2) is 8.70. The standard InChI is InChI=1S/C18H19NO4.C3H8/c1-3-22-16(20)18(17(21)23-4-2)12-13-11-14(7-8-15(13)18)19-9-5-6-10-19;1-3-2/h5-11H,3-4,12H2,1-2H3;3H2,1-2H3. The minimum absolute atomic E-state index is 0.233. The first-order chi connectivity index (χ1) is 12.5. The van der Waals surface area contributed by atoms with Gasteiger partial charge in [0.1, 0.15) is 0 Å². The van der Waals surface area contributed by atoms with E-state index in [9.17, 15) is 9.59 Å². The maximum Gasteiger partial charge on any atom is 0.328 e. The molecule has 3 rings (SSSR count). The lowest BCUT2D eigenvalue weighted by Gasteiger charge is -2.39. The number of rotatable bonds is 5. The summed E-state index contributed by atoms with van der Waals surface area (Å²) in [6, 6.07) is 9.60. The van der Waals surface area contributed by atoms with Gasteiger partial charge >= 0.3 is 11.9 Å². The highest BCUT2D eigenvalue weighted by molar-refractivity contribution is 6.09. The molecule has 0 spiro atoms. The normalized spacial score (nSPS) is 13.5.